The summed E-state index contributed by atoms with van der Waals surface area (Å²) in [5.41, 5.74) is 6.92. The molecule has 1 unspecified atom stereocenters. The van der Waals surface area contributed by atoms with Crippen LogP contribution >= 0.6 is 0 Å². The Morgan fingerprint density at radius 2 is 1.89 bits per heavy atom. The molecule has 150 valence electrons. The molecular formula is C20H33N5O2. The maximum atomic E-state index is 12.2. The van der Waals surface area contributed by atoms with Gasteiger partial charge in [-0.1, -0.05) is 19.9 Å². The minimum atomic E-state index is -0.479. The van der Waals surface area contributed by atoms with Crippen LogP contribution in [0.3, 0.4) is 0 Å². The topological polar surface area (TPSA) is 84.0 Å². The first-order chi connectivity index (χ1) is 12.7. The van der Waals surface area contributed by atoms with Gasteiger partial charge in [-0.25, -0.2) is 4.79 Å². The number of nitrogens with zero attached hydrogens (tertiary/aromatic N) is 4. The first-order valence-electron chi connectivity index (χ1n) is 9.60. The zero-order valence-corrected chi connectivity index (χ0v) is 17.2. The van der Waals surface area contributed by atoms with E-state index in [4.69, 9.17) is 10.5 Å². The van der Waals surface area contributed by atoms with Crippen LogP contribution in [-0.2, 0) is 4.74 Å². The molecule has 2 heterocycles. The molecule has 0 bridgehead atoms. The average Bonchev–Trinajstić information content (AvgIpc) is 2.61. The Morgan fingerprint density at radius 1 is 1.26 bits per heavy atom. The van der Waals surface area contributed by atoms with Crippen LogP contribution in [0.25, 0.3) is 0 Å². The Morgan fingerprint density at radius 3 is 2.41 bits per heavy atom. The van der Waals surface area contributed by atoms with Gasteiger partial charge in [-0.05, 0) is 38.3 Å². The van der Waals surface area contributed by atoms with E-state index in [1.807, 2.05) is 37.9 Å². The molecule has 7 heteroatoms. The van der Waals surface area contributed by atoms with Crippen LogP contribution in [0.1, 0.15) is 46.1 Å². The maximum absolute atomic E-state index is 12.2. The second kappa shape index (κ2) is 9.06. The first kappa shape index (κ1) is 21.0. The molecular weight excluding hydrogens is 342 g/mol. The van der Waals surface area contributed by atoms with Gasteiger partial charge in [0.1, 0.15) is 5.60 Å². The summed E-state index contributed by atoms with van der Waals surface area (Å²) < 4.78 is 5.43. The monoisotopic (exact) mass is 375 g/mol. The van der Waals surface area contributed by atoms with E-state index in [0.717, 1.165) is 0 Å². The standard InChI is InChI=1S/C20H33N5O2/c1-15(2)17(16-7-6-8-22-13-16)14-23-18(21)24-9-11-25(12-10-24)19(26)27-20(3,4)5/h6-8,13,15,17H,9-12,14H2,1-5H3,(H2,21,23). The lowest BCUT2D eigenvalue weighted by Gasteiger charge is -2.36. The van der Waals surface area contributed by atoms with Crippen LogP contribution in [0, 0.1) is 5.92 Å². The number of piperazine rings is 1. The smallest absolute Gasteiger partial charge is 0.410 e. The van der Waals surface area contributed by atoms with Crippen LogP contribution in [0.4, 0.5) is 4.79 Å². The van der Waals surface area contributed by atoms with E-state index >= 15 is 0 Å². The summed E-state index contributed by atoms with van der Waals surface area (Å²) in [7, 11) is 0. The number of hydrogen-bond acceptors (Lipinski definition) is 4. The largest absolute Gasteiger partial charge is 0.444 e. The van der Waals surface area contributed by atoms with E-state index in [9.17, 15) is 4.79 Å². The van der Waals surface area contributed by atoms with E-state index in [1.54, 1.807) is 11.1 Å². The summed E-state index contributed by atoms with van der Waals surface area (Å²) in [6.45, 7) is 13.1. The Kier molecular flexibility index (Phi) is 7.05. The van der Waals surface area contributed by atoms with Crippen molar-refractivity contribution in [3.63, 3.8) is 0 Å². The predicted octanol–water partition coefficient (Wildman–Crippen LogP) is 2.69. The molecule has 1 aliphatic heterocycles. The third-order valence-corrected chi connectivity index (χ3v) is 4.62. The van der Waals surface area contributed by atoms with Crippen LogP contribution in [-0.4, -0.2) is 65.2 Å². The molecule has 1 fully saturated rings. The number of ether oxygens (including phenoxy) is 1. The molecule has 2 N–H and O–H groups in total. The van der Waals surface area contributed by atoms with Crippen molar-refractivity contribution >= 4 is 12.1 Å². The molecule has 0 radical (unpaired) electrons. The minimum Gasteiger partial charge on any atom is -0.444 e. The van der Waals surface area contributed by atoms with Crippen molar-refractivity contribution in [1.82, 2.24) is 14.8 Å². The molecule has 1 aliphatic rings. The number of guanidine groups is 1. The van der Waals surface area contributed by atoms with Gasteiger partial charge in [0.25, 0.3) is 0 Å². The Hall–Kier alpha value is -2.31. The van der Waals surface area contributed by atoms with Crippen molar-refractivity contribution in [2.45, 2.75) is 46.1 Å². The molecule has 1 aromatic rings. The highest BCUT2D eigenvalue weighted by atomic mass is 16.6. The average molecular weight is 376 g/mol. The number of pyridine rings is 1. The molecule has 1 aromatic heterocycles. The number of aliphatic imine (C=N–C) groups is 1. The predicted molar refractivity (Wildman–Crippen MR) is 108 cm³/mol. The molecule has 0 aliphatic carbocycles. The van der Waals surface area contributed by atoms with Gasteiger partial charge in [-0.15, -0.1) is 0 Å². The SMILES string of the molecule is CC(C)C(CN=C(N)N1CCN(C(=O)OC(C)(C)C)CC1)c1cccnc1. The molecule has 1 saturated heterocycles. The van der Waals surface area contributed by atoms with Crippen LogP contribution in [0.15, 0.2) is 29.5 Å². The number of aromatic nitrogens is 1. The summed E-state index contributed by atoms with van der Waals surface area (Å²) in [6, 6.07) is 4.04. The van der Waals surface area contributed by atoms with E-state index in [-0.39, 0.29) is 12.0 Å². The number of amides is 1. The van der Waals surface area contributed by atoms with E-state index in [2.05, 4.69) is 29.9 Å². The van der Waals surface area contributed by atoms with Crippen molar-refractivity contribution in [2.24, 2.45) is 16.6 Å². The zero-order chi connectivity index (χ0) is 20.0. The van der Waals surface area contributed by atoms with Crippen molar-refractivity contribution in [2.75, 3.05) is 32.7 Å². The number of nitrogens with two attached hydrogens (primary N) is 1. The fourth-order valence-electron chi connectivity index (χ4n) is 3.03. The van der Waals surface area contributed by atoms with Gasteiger partial charge >= 0.3 is 6.09 Å². The molecule has 0 aromatic carbocycles. The van der Waals surface area contributed by atoms with Gasteiger partial charge in [-0.3, -0.25) is 9.98 Å². The lowest BCUT2D eigenvalue weighted by atomic mass is 9.89. The van der Waals surface area contributed by atoms with Crippen LogP contribution < -0.4 is 5.73 Å². The fraction of sp³-hybridized carbons (Fsp3) is 0.650. The van der Waals surface area contributed by atoms with E-state index in [0.29, 0.717) is 44.6 Å². The number of carbonyl (C=O) groups is 1. The van der Waals surface area contributed by atoms with Crippen molar-refractivity contribution in [3.8, 4) is 0 Å². The van der Waals surface area contributed by atoms with Gasteiger partial charge in [0.15, 0.2) is 5.96 Å². The van der Waals surface area contributed by atoms with Gasteiger partial charge < -0.3 is 20.3 Å². The van der Waals surface area contributed by atoms with Crippen molar-refractivity contribution in [1.29, 1.82) is 0 Å². The number of rotatable bonds is 4. The molecule has 1 atom stereocenters. The molecule has 7 nitrogen and oxygen atoms in total. The zero-order valence-electron chi connectivity index (χ0n) is 17.2. The second-order valence-electron chi connectivity index (χ2n) is 8.29. The van der Waals surface area contributed by atoms with Crippen molar-refractivity contribution < 1.29 is 9.53 Å². The third-order valence-electron chi connectivity index (χ3n) is 4.62. The third kappa shape index (κ3) is 6.41. The molecule has 0 spiro atoms. The highest BCUT2D eigenvalue weighted by molar-refractivity contribution is 5.78. The second-order valence-corrected chi connectivity index (χ2v) is 8.29. The summed E-state index contributed by atoms with van der Waals surface area (Å²) in [4.78, 5) is 24.8. The highest BCUT2D eigenvalue weighted by Gasteiger charge is 2.26. The van der Waals surface area contributed by atoms with Gasteiger partial charge in [0.05, 0.1) is 0 Å². The lowest BCUT2D eigenvalue weighted by Crippen LogP contribution is -2.53. The number of carbonyl (C=O) groups excluding carboxylic acids is 1. The fourth-order valence-corrected chi connectivity index (χ4v) is 3.03. The quantitative estimate of drug-likeness (QED) is 0.646. The minimum absolute atomic E-state index is 0.269. The summed E-state index contributed by atoms with van der Waals surface area (Å²) in [5, 5.41) is 0. The molecule has 1 amide bonds. The maximum Gasteiger partial charge on any atom is 0.410 e. The normalized spacial score (nSPS) is 17.2. The van der Waals surface area contributed by atoms with Crippen LogP contribution in [0.5, 0.6) is 0 Å². The van der Waals surface area contributed by atoms with Crippen molar-refractivity contribution in [3.05, 3.63) is 30.1 Å². The van der Waals surface area contributed by atoms with E-state index in [1.165, 1.54) is 5.56 Å². The van der Waals surface area contributed by atoms with Gasteiger partial charge in [-0.2, -0.15) is 0 Å². The highest BCUT2D eigenvalue weighted by Crippen LogP contribution is 2.24. The molecule has 2 rings (SSSR count). The summed E-state index contributed by atoms with van der Waals surface area (Å²) >= 11 is 0. The number of hydrogen-bond donors (Lipinski definition) is 1. The van der Waals surface area contributed by atoms with Gasteiger partial charge in [0, 0.05) is 51.0 Å². The van der Waals surface area contributed by atoms with Gasteiger partial charge in [0.2, 0.25) is 0 Å². The molecule has 27 heavy (non-hydrogen) atoms. The Bertz CT molecular complexity index is 632. The first-order valence-corrected chi connectivity index (χ1v) is 9.60. The Labute approximate surface area is 162 Å². The summed E-state index contributed by atoms with van der Waals surface area (Å²) in [5.74, 6) is 1.25. The molecule has 0 saturated carbocycles. The Balaban J connectivity index is 1.91. The lowest BCUT2D eigenvalue weighted by molar-refractivity contribution is 0.0186. The van der Waals surface area contributed by atoms with Crippen LogP contribution in [0.2, 0.25) is 0 Å². The van der Waals surface area contributed by atoms with E-state index < -0.39 is 5.60 Å². The summed E-state index contributed by atoms with van der Waals surface area (Å²) in [6.07, 6.45) is 3.41.